The Morgan fingerprint density at radius 1 is 0.964 bits per heavy atom. The molecule has 2 aromatic carbocycles. The number of nitrogens with one attached hydrogen (secondary N) is 3. The minimum absolute atomic E-state index is 0. The highest BCUT2D eigenvalue weighted by Crippen LogP contribution is 2.16. The van der Waals surface area contributed by atoms with Crippen LogP contribution in [0.15, 0.2) is 60.7 Å². The Bertz CT molecular complexity index is 751. The zero-order chi connectivity index (χ0) is 19.1. The first-order chi connectivity index (χ1) is 13.1. The summed E-state index contributed by atoms with van der Waals surface area (Å²) in [6.45, 7) is 4.10. The minimum atomic E-state index is -0.584. The second-order valence-corrected chi connectivity index (χ2v) is 7.16. The number of halogens is 1. The smallest absolute Gasteiger partial charge is 0.243 e. The summed E-state index contributed by atoms with van der Waals surface area (Å²) in [6.07, 6.45) is 0.475. The number of carbonyl (C=O) groups is 2. The van der Waals surface area contributed by atoms with E-state index in [2.05, 4.69) is 16.0 Å². The van der Waals surface area contributed by atoms with E-state index in [0.717, 1.165) is 24.2 Å². The zero-order valence-corrected chi connectivity index (χ0v) is 16.9. The monoisotopic (exact) mass is 401 g/mol. The molecule has 2 atom stereocenters. The summed E-state index contributed by atoms with van der Waals surface area (Å²) >= 11 is 0. The summed E-state index contributed by atoms with van der Waals surface area (Å²) < 4.78 is 0. The van der Waals surface area contributed by atoms with Gasteiger partial charge in [0.15, 0.2) is 0 Å². The van der Waals surface area contributed by atoms with E-state index >= 15 is 0 Å². The van der Waals surface area contributed by atoms with Gasteiger partial charge in [0.05, 0.1) is 0 Å². The molecule has 0 radical (unpaired) electrons. The first-order valence-electron chi connectivity index (χ1n) is 9.50. The number of hydrogen-bond donors (Lipinski definition) is 3. The summed E-state index contributed by atoms with van der Waals surface area (Å²) in [5.74, 6) is 0.0217. The highest BCUT2D eigenvalue weighted by molar-refractivity contribution is 5.88. The van der Waals surface area contributed by atoms with E-state index in [-0.39, 0.29) is 30.1 Å². The van der Waals surface area contributed by atoms with Crippen molar-refractivity contribution >= 4 is 24.2 Å². The Kier molecular flexibility index (Phi) is 8.48. The summed E-state index contributed by atoms with van der Waals surface area (Å²) in [7, 11) is 0. The molecule has 0 saturated carbocycles. The lowest BCUT2D eigenvalue weighted by Crippen LogP contribution is -2.54. The predicted octanol–water partition coefficient (Wildman–Crippen LogP) is 2.31. The van der Waals surface area contributed by atoms with Crippen molar-refractivity contribution in [3.63, 3.8) is 0 Å². The number of carbonyl (C=O) groups excluding carboxylic acids is 2. The molecule has 3 rings (SSSR count). The molecule has 1 aliphatic rings. The summed E-state index contributed by atoms with van der Waals surface area (Å²) in [4.78, 5) is 25.4. The second-order valence-electron chi connectivity index (χ2n) is 7.16. The van der Waals surface area contributed by atoms with Gasteiger partial charge in [0.2, 0.25) is 11.8 Å². The van der Waals surface area contributed by atoms with E-state index in [1.807, 2.05) is 67.6 Å². The van der Waals surface area contributed by atoms with Gasteiger partial charge in [-0.2, -0.15) is 0 Å². The molecule has 1 aliphatic heterocycles. The van der Waals surface area contributed by atoms with Gasteiger partial charge in [-0.15, -0.1) is 12.4 Å². The van der Waals surface area contributed by atoms with Crippen LogP contribution >= 0.6 is 12.4 Å². The van der Waals surface area contributed by atoms with Crippen molar-refractivity contribution in [2.24, 2.45) is 11.8 Å². The molecule has 5 nitrogen and oxygen atoms in total. The van der Waals surface area contributed by atoms with Gasteiger partial charge in [-0.1, -0.05) is 67.6 Å². The Balaban J connectivity index is 0.00000280. The van der Waals surface area contributed by atoms with Gasteiger partial charge in [-0.25, -0.2) is 0 Å². The standard InChI is InChI=1S/C22H27N3O2.ClH/c1-16(19-14-23-15-19)21(26)25-20(12-17-8-4-2-5-9-17)22(27)24-13-18-10-6-3-7-11-18;/h2-11,16,19-20,23H,12-15H2,1H3,(H,24,27)(H,25,26);1H. The molecular formula is C22H28ClN3O2. The summed E-state index contributed by atoms with van der Waals surface area (Å²) in [5.41, 5.74) is 2.06. The largest absolute Gasteiger partial charge is 0.350 e. The molecule has 0 spiro atoms. The van der Waals surface area contributed by atoms with Crippen molar-refractivity contribution in [1.29, 1.82) is 0 Å². The molecule has 28 heavy (non-hydrogen) atoms. The molecule has 1 fully saturated rings. The minimum Gasteiger partial charge on any atom is -0.350 e. The molecule has 1 heterocycles. The van der Waals surface area contributed by atoms with Crippen LogP contribution in [0, 0.1) is 11.8 Å². The van der Waals surface area contributed by atoms with Crippen molar-refractivity contribution in [2.75, 3.05) is 13.1 Å². The fourth-order valence-corrected chi connectivity index (χ4v) is 3.15. The normalized spacial score (nSPS) is 15.5. The van der Waals surface area contributed by atoms with Crippen LogP contribution in [-0.4, -0.2) is 30.9 Å². The van der Waals surface area contributed by atoms with Gasteiger partial charge >= 0.3 is 0 Å². The number of rotatable bonds is 8. The molecule has 6 heteroatoms. The highest BCUT2D eigenvalue weighted by atomic mass is 35.5. The maximum Gasteiger partial charge on any atom is 0.243 e. The number of benzene rings is 2. The lowest BCUT2D eigenvalue weighted by molar-refractivity contribution is -0.132. The van der Waals surface area contributed by atoms with Crippen molar-refractivity contribution in [3.05, 3.63) is 71.8 Å². The van der Waals surface area contributed by atoms with Gasteiger partial charge in [-0.05, 0) is 30.1 Å². The molecule has 0 aliphatic carbocycles. The SMILES string of the molecule is CC(C(=O)NC(Cc1ccccc1)C(=O)NCc1ccccc1)C1CNC1.Cl. The molecule has 2 aromatic rings. The van der Waals surface area contributed by atoms with Gasteiger partial charge in [-0.3, -0.25) is 9.59 Å². The third-order valence-electron chi connectivity index (χ3n) is 5.16. The molecule has 150 valence electrons. The molecule has 3 N–H and O–H groups in total. The lowest BCUT2D eigenvalue weighted by atomic mass is 9.88. The van der Waals surface area contributed by atoms with E-state index in [9.17, 15) is 9.59 Å². The van der Waals surface area contributed by atoms with Crippen LogP contribution < -0.4 is 16.0 Å². The van der Waals surface area contributed by atoms with Gasteiger partial charge < -0.3 is 16.0 Å². The third kappa shape index (κ3) is 6.08. The molecule has 0 bridgehead atoms. The van der Waals surface area contributed by atoms with Gasteiger partial charge in [0.1, 0.15) is 6.04 Å². The molecule has 0 aromatic heterocycles. The fourth-order valence-electron chi connectivity index (χ4n) is 3.15. The Morgan fingerprint density at radius 2 is 1.54 bits per heavy atom. The average Bonchev–Trinajstić information content (AvgIpc) is 2.65. The first kappa shape index (κ1) is 21.9. The van der Waals surface area contributed by atoms with E-state index in [0.29, 0.717) is 18.9 Å². The average molecular weight is 402 g/mol. The fraction of sp³-hybridized carbons (Fsp3) is 0.364. The maximum atomic E-state index is 12.8. The summed E-state index contributed by atoms with van der Waals surface area (Å²) in [6, 6.07) is 19.0. The van der Waals surface area contributed by atoms with Crippen LogP contribution in [0.1, 0.15) is 18.1 Å². The third-order valence-corrected chi connectivity index (χ3v) is 5.16. The second kappa shape index (κ2) is 10.8. The van der Waals surface area contributed by atoms with E-state index in [1.54, 1.807) is 0 Å². The van der Waals surface area contributed by atoms with Crippen molar-refractivity contribution < 1.29 is 9.59 Å². The number of amides is 2. The maximum absolute atomic E-state index is 12.8. The van der Waals surface area contributed by atoms with Crippen LogP contribution in [0.25, 0.3) is 0 Å². The predicted molar refractivity (Wildman–Crippen MR) is 113 cm³/mol. The van der Waals surface area contributed by atoms with Gasteiger partial charge in [0.25, 0.3) is 0 Å². The van der Waals surface area contributed by atoms with Gasteiger partial charge in [0, 0.05) is 18.9 Å². The Labute approximate surface area is 172 Å². The Hall–Kier alpha value is -2.37. The lowest BCUT2D eigenvalue weighted by Gasteiger charge is -2.32. The molecule has 2 amide bonds. The van der Waals surface area contributed by atoms with Crippen LogP contribution in [0.2, 0.25) is 0 Å². The highest BCUT2D eigenvalue weighted by Gasteiger charge is 2.31. The van der Waals surface area contributed by atoms with Crippen molar-refractivity contribution in [2.45, 2.75) is 25.9 Å². The van der Waals surface area contributed by atoms with E-state index < -0.39 is 6.04 Å². The Morgan fingerprint density at radius 3 is 2.07 bits per heavy atom. The van der Waals surface area contributed by atoms with E-state index in [1.165, 1.54) is 0 Å². The van der Waals surface area contributed by atoms with Crippen LogP contribution in [0.3, 0.4) is 0 Å². The van der Waals surface area contributed by atoms with Crippen molar-refractivity contribution in [3.8, 4) is 0 Å². The van der Waals surface area contributed by atoms with Crippen molar-refractivity contribution in [1.82, 2.24) is 16.0 Å². The zero-order valence-electron chi connectivity index (χ0n) is 16.1. The summed E-state index contributed by atoms with van der Waals surface area (Å²) in [5, 5.41) is 9.12. The molecule has 2 unspecified atom stereocenters. The topological polar surface area (TPSA) is 70.2 Å². The molecule has 1 saturated heterocycles. The first-order valence-corrected chi connectivity index (χ1v) is 9.50. The van der Waals surface area contributed by atoms with Crippen LogP contribution in [0.5, 0.6) is 0 Å². The molecular weight excluding hydrogens is 374 g/mol. The van der Waals surface area contributed by atoms with Crippen LogP contribution in [0.4, 0.5) is 0 Å². The number of hydrogen-bond acceptors (Lipinski definition) is 3. The quantitative estimate of drug-likeness (QED) is 0.635. The van der Waals surface area contributed by atoms with Crippen LogP contribution in [-0.2, 0) is 22.6 Å². The van der Waals surface area contributed by atoms with E-state index in [4.69, 9.17) is 0 Å².